The fourth-order valence-corrected chi connectivity index (χ4v) is 4.02. The summed E-state index contributed by atoms with van der Waals surface area (Å²) < 4.78 is 19.6. The zero-order valence-electron chi connectivity index (χ0n) is 21.0. The molecule has 2 aromatic rings. The Morgan fingerprint density at radius 3 is 2.54 bits per heavy atom. The lowest BCUT2D eigenvalue weighted by Crippen LogP contribution is -2.48. The fourth-order valence-electron chi connectivity index (χ4n) is 4.02. The van der Waals surface area contributed by atoms with Gasteiger partial charge in [-0.3, -0.25) is 4.79 Å². The van der Waals surface area contributed by atoms with Crippen LogP contribution in [0.5, 0.6) is 5.75 Å². The molecule has 35 heavy (non-hydrogen) atoms. The number of likely N-dealkylation sites (N-methyl/N-ethyl adjacent to an activating group) is 1. The van der Waals surface area contributed by atoms with Gasteiger partial charge in [0.15, 0.2) is 0 Å². The van der Waals surface area contributed by atoms with Crippen LogP contribution in [0.2, 0.25) is 0 Å². The monoisotopic (exact) mass is 486 g/mol. The Bertz CT molecular complexity index is 1030. The number of aliphatic hydroxyl groups is 1. The van der Waals surface area contributed by atoms with Crippen molar-refractivity contribution >= 4 is 23.3 Å². The molecule has 0 fully saturated rings. The maximum Gasteiger partial charge on any atom is 0.321 e. The van der Waals surface area contributed by atoms with Gasteiger partial charge in [0.25, 0.3) is 0 Å². The summed E-state index contributed by atoms with van der Waals surface area (Å²) in [6, 6.07) is 10.6. The molecule has 3 amide bonds. The number of hydrogen-bond donors (Lipinski definition) is 2. The lowest BCUT2D eigenvalue weighted by molar-refractivity contribution is -0.134. The lowest BCUT2D eigenvalue weighted by Gasteiger charge is -2.34. The first-order valence-electron chi connectivity index (χ1n) is 11.7. The van der Waals surface area contributed by atoms with Crippen molar-refractivity contribution in [1.82, 2.24) is 9.80 Å². The van der Waals surface area contributed by atoms with Crippen LogP contribution in [0.25, 0.3) is 0 Å². The summed E-state index contributed by atoms with van der Waals surface area (Å²) in [4.78, 5) is 31.2. The molecule has 0 radical (unpaired) electrons. The number of anilines is 2. The molecule has 0 bridgehead atoms. The summed E-state index contributed by atoms with van der Waals surface area (Å²) >= 11 is 0. The van der Waals surface area contributed by atoms with Crippen molar-refractivity contribution in [2.45, 2.75) is 32.4 Å². The van der Waals surface area contributed by atoms with Gasteiger partial charge in [-0.2, -0.15) is 0 Å². The third-order valence-electron chi connectivity index (χ3n) is 6.31. The predicted molar refractivity (Wildman–Crippen MR) is 134 cm³/mol. The molecule has 3 rings (SSSR count). The molecule has 1 aliphatic heterocycles. The molecular formula is C26H35FN4O4. The van der Waals surface area contributed by atoms with Crippen molar-refractivity contribution in [3.63, 3.8) is 0 Å². The molecule has 2 N–H and O–H groups in total. The number of nitrogens with zero attached hydrogens (tertiary/aromatic N) is 3. The van der Waals surface area contributed by atoms with Gasteiger partial charge in [0, 0.05) is 50.5 Å². The zero-order valence-corrected chi connectivity index (χ0v) is 21.0. The first-order chi connectivity index (χ1) is 16.6. The maximum absolute atomic E-state index is 13.2. The van der Waals surface area contributed by atoms with E-state index in [0.29, 0.717) is 18.0 Å². The number of carbonyl (C=O) groups is 2. The number of carbonyl (C=O) groups excluding carboxylic acids is 2. The van der Waals surface area contributed by atoms with E-state index in [4.69, 9.17) is 4.74 Å². The van der Waals surface area contributed by atoms with Crippen molar-refractivity contribution in [3.05, 3.63) is 53.8 Å². The van der Waals surface area contributed by atoms with Crippen LogP contribution in [0.3, 0.4) is 0 Å². The molecule has 0 aromatic heterocycles. The van der Waals surface area contributed by atoms with Crippen molar-refractivity contribution in [1.29, 1.82) is 0 Å². The summed E-state index contributed by atoms with van der Waals surface area (Å²) in [6.45, 7) is 4.29. The first kappa shape index (κ1) is 26.3. The van der Waals surface area contributed by atoms with Gasteiger partial charge in [0.2, 0.25) is 5.91 Å². The number of ether oxygens (including phenoxy) is 1. The SMILES string of the molecule is C[C@H]1CN([C@@H](C)CO)C(=O)Cc2cc(N(C)C)ccc2O[C@@H]1CN(C)C(=O)Nc1ccc(F)cc1. The van der Waals surface area contributed by atoms with Gasteiger partial charge in [-0.05, 0) is 49.4 Å². The Hall–Kier alpha value is -3.33. The number of aliphatic hydroxyl groups excluding tert-OH is 1. The van der Waals surface area contributed by atoms with Crippen molar-refractivity contribution in [2.75, 3.05) is 51.1 Å². The van der Waals surface area contributed by atoms with Crippen LogP contribution >= 0.6 is 0 Å². The third-order valence-corrected chi connectivity index (χ3v) is 6.31. The smallest absolute Gasteiger partial charge is 0.321 e. The summed E-state index contributed by atoms with van der Waals surface area (Å²) in [5.74, 6) is 0.0128. The van der Waals surface area contributed by atoms with E-state index in [1.165, 1.54) is 29.2 Å². The number of rotatable bonds is 6. The number of hydrogen-bond acceptors (Lipinski definition) is 5. The average molecular weight is 487 g/mol. The van der Waals surface area contributed by atoms with Gasteiger partial charge in [-0.25, -0.2) is 9.18 Å². The van der Waals surface area contributed by atoms with E-state index in [1.807, 2.05) is 51.0 Å². The van der Waals surface area contributed by atoms with Crippen LogP contribution in [-0.2, 0) is 11.2 Å². The van der Waals surface area contributed by atoms with Gasteiger partial charge in [0.05, 0.1) is 25.6 Å². The van der Waals surface area contributed by atoms with Gasteiger partial charge < -0.3 is 29.9 Å². The molecule has 3 atom stereocenters. The van der Waals surface area contributed by atoms with E-state index in [0.717, 1.165) is 11.3 Å². The van der Waals surface area contributed by atoms with E-state index < -0.39 is 6.10 Å². The Balaban J connectivity index is 1.86. The van der Waals surface area contributed by atoms with Crippen LogP contribution < -0.4 is 15.0 Å². The van der Waals surface area contributed by atoms with E-state index >= 15 is 0 Å². The second-order valence-corrected chi connectivity index (χ2v) is 9.39. The van der Waals surface area contributed by atoms with Crippen LogP contribution in [0.15, 0.2) is 42.5 Å². The number of urea groups is 1. The van der Waals surface area contributed by atoms with Gasteiger partial charge >= 0.3 is 6.03 Å². The van der Waals surface area contributed by atoms with Crippen LogP contribution in [0.4, 0.5) is 20.6 Å². The lowest BCUT2D eigenvalue weighted by atomic mass is 10.0. The maximum atomic E-state index is 13.2. The molecule has 8 nitrogen and oxygen atoms in total. The van der Waals surface area contributed by atoms with E-state index in [-0.39, 0.29) is 49.3 Å². The minimum Gasteiger partial charge on any atom is -0.488 e. The van der Waals surface area contributed by atoms with Crippen molar-refractivity contribution in [3.8, 4) is 5.75 Å². The highest BCUT2D eigenvalue weighted by Gasteiger charge is 2.32. The van der Waals surface area contributed by atoms with E-state index in [9.17, 15) is 19.1 Å². The Labute approximate surface area is 206 Å². The van der Waals surface area contributed by atoms with Crippen LogP contribution in [-0.4, -0.2) is 79.8 Å². The largest absolute Gasteiger partial charge is 0.488 e. The Morgan fingerprint density at radius 1 is 1.23 bits per heavy atom. The molecule has 0 aliphatic carbocycles. The normalized spacial score (nSPS) is 18.9. The van der Waals surface area contributed by atoms with E-state index in [2.05, 4.69) is 5.32 Å². The molecule has 2 aromatic carbocycles. The van der Waals surface area contributed by atoms with Crippen LogP contribution in [0, 0.1) is 11.7 Å². The number of nitrogens with one attached hydrogen (secondary N) is 1. The number of benzene rings is 2. The van der Waals surface area contributed by atoms with Gasteiger partial charge in [-0.1, -0.05) is 6.92 Å². The molecule has 0 saturated carbocycles. The minimum absolute atomic E-state index is 0.0813. The number of amides is 3. The van der Waals surface area contributed by atoms with Crippen LogP contribution in [0.1, 0.15) is 19.4 Å². The summed E-state index contributed by atoms with van der Waals surface area (Å²) in [7, 11) is 5.52. The quantitative estimate of drug-likeness (QED) is 0.655. The highest BCUT2D eigenvalue weighted by Crippen LogP contribution is 2.30. The minimum atomic E-state index is -0.415. The molecule has 0 saturated heterocycles. The predicted octanol–water partition coefficient (Wildman–Crippen LogP) is 3.20. The Morgan fingerprint density at radius 2 is 1.91 bits per heavy atom. The standard InChI is InChI=1S/C26H35FN4O4/c1-17-14-31(18(2)16-32)25(33)13-19-12-22(29(3)4)10-11-23(19)35-24(17)15-30(5)26(34)28-21-8-6-20(27)7-9-21/h6-12,17-18,24,32H,13-16H2,1-5H3,(H,28,34)/t17-,18-,24+/m0/s1. The first-order valence-corrected chi connectivity index (χ1v) is 11.7. The second kappa shape index (κ2) is 11.4. The summed E-state index contributed by atoms with van der Waals surface area (Å²) in [6.07, 6.45) is -0.260. The second-order valence-electron chi connectivity index (χ2n) is 9.39. The molecule has 9 heteroatoms. The van der Waals surface area contributed by atoms with Crippen molar-refractivity contribution < 1.29 is 23.8 Å². The molecule has 1 heterocycles. The highest BCUT2D eigenvalue weighted by molar-refractivity contribution is 5.89. The summed E-state index contributed by atoms with van der Waals surface area (Å²) in [5, 5.41) is 12.5. The molecule has 190 valence electrons. The summed E-state index contributed by atoms with van der Waals surface area (Å²) in [5.41, 5.74) is 2.19. The van der Waals surface area contributed by atoms with Crippen molar-refractivity contribution in [2.24, 2.45) is 5.92 Å². The topological polar surface area (TPSA) is 85.4 Å². The third kappa shape index (κ3) is 6.63. The molecule has 0 unspecified atom stereocenters. The highest BCUT2D eigenvalue weighted by atomic mass is 19.1. The number of halogens is 1. The van der Waals surface area contributed by atoms with Gasteiger partial charge in [0.1, 0.15) is 17.7 Å². The molecule has 1 aliphatic rings. The van der Waals surface area contributed by atoms with E-state index in [1.54, 1.807) is 11.9 Å². The Kier molecular flexibility index (Phi) is 8.56. The number of fused-ring (bicyclic) bond motifs is 1. The van der Waals surface area contributed by atoms with Gasteiger partial charge in [-0.15, -0.1) is 0 Å². The molecular weight excluding hydrogens is 451 g/mol. The average Bonchev–Trinajstić information content (AvgIpc) is 2.87. The fraction of sp³-hybridized carbons (Fsp3) is 0.462. The zero-order chi connectivity index (χ0) is 25.7. The molecule has 0 spiro atoms.